The van der Waals surface area contributed by atoms with E-state index in [0.717, 1.165) is 0 Å². The van der Waals surface area contributed by atoms with Crippen LogP contribution in [0.4, 0.5) is 0 Å². The highest BCUT2D eigenvalue weighted by molar-refractivity contribution is 4.89. The second-order valence-corrected chi connectivity index (χ2v) is 5.69. The second-order valence-electron chi connectivity index (χ2n) is 5.69. The third kappa shape index (κ3) is 4.36. The maximum Gasteiger partial charge on any atom is 0.186 e. The maximum atomic E-state index is 9.81. The van der Waals surface area contributed by atoms with Crippen molar-refractivity contribution in [2.75, 3.05) is 6.61 Å². The van der Waals surface area contributed by atoms with E-state index in [1.54, 1.807) is 6.92 Å². The lowest BCUT2D eigenvalue weighted by Crippen LogP contribution is -2.59. The Kier molecular flexibility index (Phi) is 6.80. The number of ether oxygens (including phenoxy) is 2. The molecule has 1 saturated heterocycles. The van der Waals surface area contributed by atoms with Crippen LogP contribution in [0.3, 0.4) is 0 Å². The minimum Gasteiger partial charge on any atom is -0.394 e. The van der Waals surface area contributed by atoms with Gasteiger partial charge in [0.2, 0.25) is 0 Å². The molecule has 0 spiro atoms. The van der Waals surface area contributed by atoms with Crippen molar-refractivity contribution in [3.63, 3.8) is 0 Å². The first-order valence-corrected chi connectivity index (χ1v) is 6.92. The van der Waals surface area contributed by atoms with Gasteiger partial charge in [-0.25, -0.2) is 0 Å². The van der Waals surface area contributed by atoms with Crippen LogP contribution < -0.4 is 0 Å². The van der Waals surface area contributed by atoms with Gasteiger partial charge in [-0.3, -0.25) is 0 Å². The lowest BCUT2D eigenvalue weighted by atomic mass is 9.99. The second kappa shape index (κ2) is 7.65. The van der Waals surface area contributed by atoms with E-state index in [4.69, 9.17) is 14.6 Å². The summed E-state index contributed by atoms with van der Waals surface area (Å²) in [5.74, 6) is 0.0795. The quantitative estimate of drug-likeness (QED) is 0.408. The minimum absolute atomic E-state index is 0.0795. The van der Waals surface area contributed by atoms with Crippen LogP contribution in [0.1, 0.15) is 27.2 Å². The Morgan fingerprint density at radius 3 is 2.15 bits per heavy atom. The van der Waals surface area contributed by atoms with Gasteiger partial charge in [0.15, 0.2) is 6.29 Å². The molecule has 0 saturated carbocycles. The van der Waals surface area contributed by atoms with Crippen molar-refractivity contribution in [1.82, 2.24) is 0 Å². The first-order chi connectivity index (χ1) is 9.27. The van der Waals surface area contributed by atoms with Gasteiger partial charge in [0.05, 0.1) is 18.8 Å². The normalized spacial score (nSPS) is 38.0. The summed E-state index contributed by atoms with van der Waals surface area (Å²) in [6, 6.07) is 0. The smallest absolute Gasteiger partial charge is 0.186 e. The average Bonchev–Trinajstić information content (AvgIpc) is 2.39. The lowest BCUT2D eigenvalue weighted by Gasteiger charge is -2.40. The molecule has 120 valence electrons. The molecular weight excluding hydrogens is 268 g/mol. The van der Waals surface area contributed by atoms with Crippen LogP contribution >= 0.6 is 0 Å². The van der Waals surface area contributed by atoms with Gasteiger partial charge in [0, 0.05) is 0 Å². The topological polar surface area (TPSA) is 120 Å². The highest BCUT2D eigenvalue weighted by Crippen LogP contribution is 2.24. The van der Waals surface area contributed by atoms with Gasteiger partial charge in [-0.05, 0) is 19.3 Å². The van der Waals surface area contributed by atoms with Crippen molar-refractivity contribution in [3.8, 4) is 0 Å². The number of hydrogen-bond acceptors (Lipinski definition) is 7. The molecule has 20 heavy (non-hydrogen) atoms. The molecule has 1 aliphatic heterocycles. The Hall–Kier alpha value is -0.280. The van der Waals surface area contributed by atoms with E-state index in [0.29, 0.717) is 6.42 Å². The summed E-state index contributed by atoms with van der Waals surface area (Å²) < 4.78 is 10.7. The molecule has 1 fully saturated rings. The molecule has 1 rings (SSSR count). The van der Waals surface area contributed by atoms with Gasteiger partial charge in [-0.1, -0.05) is 13.8 Å². The first kappa shape index (κ1) is 17.8. The molecule has 0 aliphatic carbocycles. The van der Waals surface area contributed by atoms with E-state index in [1.807, 2.05) is 13.8 Å². The number of aliphatic hydroxyl groups excluding tert-OH is 5. The summed E-state index contributed by atoms with van der Waals surface area (Å²) in [4.78, 5) is 0. The zero-order valence-electron chi connectivity index (χ0n) is 12.1. The van der Waals surface area contributed by atoms with Crippen LogP contribution in [0.25, 0.3) is 0 Å². The van der Waals surface area contributed by atoms with Crippen LogP contribution in [-0.4, -0.2) is 75.1 Å². The summed E-state index contributed by atoms with van der Waals surface area (Å²) in [5, 5.41) is 47.9. The lowest BCUT2D eigenvalue weighted by molar-refractivity contribution is -0.311. The third-order valence-corrected chi connectivity index (χ3v) is 3.56. The fraction of sp³-hybridized carbons (Fsp3) is 1.00. The summed E-state index contributed by atoms with van der Waals surface area (Å²) in [6.45, 7) is 4.98. The van der Waals surface area contributed by atoms with Crippen molar-refractivity contribution in [2.45, 2.75) is 70.1 Å². The van der Waals surface area contributed by atoms with Crippen molar-refractivity contribution < 1.29 is 35.0 Å². The van der Waals surface area contributed by atoms with Crippen LogP contribution in [-0.2, 0) is 9.47 Å². The van der Waals surface area contributed by atoms with Crippen molar-refractivity contribution in [1.29, 1.82) is 0 Å². The van der Waals surface area contributed by atoms with E-state index >= 15 is 0 Å². The fourth-order valence-corrected chi connectivity index (χ4v) is 2.08. The maximum absolute atomic E-state index is 9.81. The Labute approximate surface area is 118 Å². The fourth-order valence-electron chi connectivity index (χ4n) is 2.08. The molecule has 1 heterocycles. The largest absolute Gasteiger partial charge is 0.394 e. The molecule has 2 unspecified atom stereocenters. The van der Waals surface area contributed by atoms with Gasteiger partial charge in [0.25, 0.3) is 0 Å². The van der Waals surface area contributed by atoms with E-state index in [2.05, 4.69) is 0 Å². The van der Waals surface area contributed by atoms with E-state index in [-0.39, 0.29) is 5.92 Å². The van der Waals surface area contributed by atoms with Gasteiger partial charge in [-0.15, -0.1) is 0 Å². The van der Waals surface area contributed by atoms with E-state index < -0.39 is 49.5 Å². The summed E-state index contributed by atoms with van der Waals surface area (Å²) in [5.41, 5.74) is 0. The van der Waals surface area contributed by atoms with Gasteiger partial charge in [0.1, 0.15) is 24.4 Å². The molecule has 0 aromatic carbocycles. The Morgan fingerprint density at radius 2 is 1.65 bits per heavy atom. The van der Waals surface area contributed by atoms with Crippen LogP contribution in [0, 0.1) is 5.92 Å². The van der Waals surface area contributed by atoms with Gasteiger partial charge >= 0.3 is 0 Å². The predicted octanol–water partition coefficient (Wildman–Crippen LogP) is -1.40. The van der Waals surface area contributed by atoms with Gasteiger partial charge in [-0.2, -0.15) is 0 Å². The standard InChI is InChI=1S/C13H26O7/c1-6(2)8(15)4-7(3)19-13-12(18)11(17)10(16)9(5-14)20-13/h6-18H,4-5H2,1-3H3/t7?,8?,9-,10-,11+,12-,13-/m1/s1. The molecule has 0 radical (unpaired) electrons. The van der Waals surface area contributed by atoms with Crippen LogP contribution in [0.15, 0.2) is 0 Å². The zero-order chi connectivity index (χ0) is 15.4. The zero-order valence-corrected chi connectivity index (χ0v) is 12.1. The molecule has 0 amide bonds. The summed E-state index contributed by atoms with van der Waals surface area (Å²) >= 11 is 0. The number of rotatable bonds is 6. The summed E-state index contributed by atoms with van der Waals surface area (Å²) in [6.07, 6.45) is -7.00. The Morgan fingerprint density at radius 1 is 1.05 bits per heavy atom. The van der Waals surface area contributed by atoms with E-state index in [9.17, 15) is 20.4 Å². The highest BCUT2D eigenvalue weighted by Gasteiger charge is 2.44. The van der Waals surface area contributed by atoms with Crippen LogP contribution in [0.2, 0.25) is 0 Å². The molecule has 1 aliphatic rings. The van der Waals surface area contributed by atoms with Crippen molar-refractivity contribution >= 4 is 0 Å². The Bertz CT molecular complexity index is 284. The molecular formula is C13H26O7. The average molecular weight is 294 g/mol. The number of hydrogen-bond donors (Lipinski definition) is 5. The van der Waals surface area contributed by atoms with Crippen molar-refractivity contribution in [3.05, 3.63) is 0 Å². The molecule has 7 heteroatoms. The molecule has 5 N–H and O–H groups in total. The molecule has 0 bridgehead atoms. The monoisotopic (exact) mass is 294 g/mol. The predicted molar refractivity (Wildman–Crippen MR) is 69.8 cm³/mol. The molecule has 7 atom stereocenters. The number of aliphatic hydroxyl groups is 5. The SMILES string of the molecule is CC(CC(O)C(C)C)O[C@@H]1O[C@H](CO)[C@@H](O)[C@H](O)[C@H]1O. The first-order valence-electron chi connectivity index (χ1n) is 6.92. The third-order valence-electron chi connectivity index (χ3n) is 3.56. The summed E-state index contributed by atoms with van der Waals surface area (Å²) in [7, 11) is 0. The minimum atomic E-state index is -1.45. The highest BCUT2D eigenvalue weighted by atomic mass is 16.7. The molecule has 7 nitrogen and oxygen atoms in total. The van der Waals surface area contributed by atoms with Crippen LogP contribution in [0.5, 0.6) is 0 Å². The van der Waals surface area contributed by atoms with Crippen molar-refractivity contribution in [2.24, 2.45) is 5.92 Å². The Balaban J connectivity index is 2.57. The molecule has 0 aromatic rings. The van der Waals surface area contributed by atoms with E-state index in [1.165, 1.54) is 0 Å². The van der Waals surface area contributed by atoms with Gasteiger partial charge < -0.3 is 35.0 Å². The molecule has 0 aromatic heterocycles.